The molecule has 15 heavy (non-hydrogen) atoms. The van der Waals surface area contributed by atoms with Crippen molar-refractivity contribution in [1.82, 2.24) is 0 Å². The first-order chi connectivity index (χ1) is 7.10. The zero-order valence-corrected chi connectivity index (χ0v) is 8.83. The van der Waals surface area contributed by atoms with Crippen LogP contribution in [0.3, 0.4) is 0 Å². The maximum Gasteiger partial charge on any atom is 0.374 e. The van der Waals surface area contributed by atoms with Crippen molar-refractivity contribution in [3.63, 3.8) is 0 Å². The average Bonchev–Trinajstić information content (AvgIpc) is 2.60. The molecule has 0 aliphatic rings. The second kappa shape index (κ2) is 4.63. The lowest BCUT2D eigenvalue weighted by Crippen LogP contribution is -2.03. The summed E-state index contributed by atoms with van der Waals surface area (Å²) in [6.07, 6.45) is 0. The molecule has 82 valence electrons. The third-order valence-electron chi connectivity index (χ3n) is 1.80. The maximum atomic E-state index is 11.3. The van der Waals surface area contributed by atoms with E-state index in [2.05, 4.69) is 4.74 Å². The summed E-state index contributed by atoms with van der Waals surface area (Å²) in [6.45, 7) is 3.52. The molecule has 5 nitrogen and oxygen atoms in total. The predicted octanol–water partition coefficient (Wildman–Crippen LogP) is 1.55. The molecule has 5 heteroatoms. The van der Waals surface area contributed by atoms with Gasteiger partial charge in [0.05, 0.1) is 13.7 Å². The fourth-order valence-electron chi connectivity index (χ4n) is 1.10. The molecule has 1 aromatic heterocycles. The van der Waals surface area contributed by atoms with Gasteiger partial charge in [-0.1, -0.05) is 0 Å². The van der Waals surface area contributed by atoms with Gasteiger partial charge in [-0.05, 0) is 13.8 Å². The highest BCUT2D eigenvalue weighted by molar-refractivity contribution is 5.94. The quantitative estimate of drug-likeness (QED) is 0.711. The summed E-state index contributed by atoms with van der Waals surface area (Å²) in [5.41, 5.74) is 0.237. The van der Waals surface area contributed by atoms with Crippen LogP contribution in [0.1, 0.15) is 33.6 Å². The van der Waals surface area contributed by atoms with E-state index in [9.17, 15) is 9.59 Å². The van der Waals surface area contributed by atoms with Crippen LogP contribution in [-0.4, -0.2) is 25.7 Å². The topological polar surface area (TPSA) is 65.7 Å². The summed E-state index contributed by atoms with van der Waals surface area (Å²) >= 11 is 0. The Morgan fingerprint density at radius 1 is 1.40 bits per heavy atom. The van der Waals surface area contributed by atoms with E-state index in [0.717, 1.165) is 0 Å². The highest BCUT2D eigenvalue weighted by atomic mass is 16.5. The normalized spacial score (nSPS) is 9.80. The Morgan fingerprint density at radius 3 is 2.60 bits per heavy atom. The smallest absolute Gasteiger partial charge is 0.374 e. The van der Waals surface area contributed by atoms with Crippen LogP contribution in [0.15, 0.2) is 10.5 Å². The van der Waals surface area contributed by atoms with Crippen LogP contribution in [0, 0.1) is 6.92 Å². The Kier molecular flexibility index (Phi) is 3.49. The number of rotatable bonds is 3. The molecule has 1 aromatic rings. The monoisotopic (exact) mass is 212 g/mol. The van der Waals surface area contributed by atoms with Gasteiger partial charge >= 0.3 is 11.9 Å². The van der Waals surface area contributed by atoms with Crippen molar-refractivity contribution < 1.29 is 23.5 Å². The van der Waals surface area contributed by atoms with E-state index in [1.807, 2.05) is 0 Å². The number of hydrogen-bond acceptors (Lipinski definition) is 5. The second-order valence-electron chi connectivity index (χ2n) is 2.79. The molecule has 0 fully saturated rings. The molecule has 0 spiro atoms. The van der Waals surface area contributed by atoms with Gasteiger partial charge < -0.3 is 13.9 Å². The largest absolute Gasteiger partial charge is 0.465 e. The number of hydrogen-bond donors (Lipinski definition) is 0. The van der Waals surface area contributed by atoms with Gasteiger partial charge in [0.25, 0.3) is 0 Å². The van der Waals surface area contributed by atoms with E-state index < -0.39 is 11.9 Å². The molecule has 0 aliphatic heterocycles. The highest BCUT2D eigenvalue weighted by Gasteiger charge is 2.19. The van der Waals surface area contributed by atoms with Crippen molar-refractivity contribution in [2.75, 3.05) is 13.7 Å². The van der Waals surface area contributed by atoms with Gasteiger partial charge in [0, 0.05) is 6.07 Å². The minimum atomic E-state index is -0.587. The van der Waals surface area contributed by atoms with Gasteiger partial charge in [-0.25, -0.2) is 9.59 Å². The van der Waals surface area contributed by atoms with Gasteiger partial charge in [0.1, 0.15) is 11.3 Å². The van der Waals surface area contributed by atoms with Crippen molar-refractivity contribution in [2.24, 2.45) is 0 Å². The molecule has 0 aliphatic carbocycles. The van der Waals surface area contributed by atoms with E-state index in [0.29, 0.717) is 5.76 Å². The van der Waals surface area contributed by atoms with Crippen LogP contribution in [0.5, 0.6) is 0 Å². The lowest BCUT2D eigenvalue weighted by atomic mass is 10.2. The van der Waals surface area contributed by atoms with Gasteiger partial charge in [0.2, 0.25) is 5.76 Å². The van der Waals surface area contributed by atoms with E-state index >= 15 is 0 Å². The van der Waals surface area contributed by atoms with Crippen molar-refractivity contribution in [3.05, 3.63) is 23.2 Å². The third kappa shape index (κ3) is 2.37. The molecule has 0 N–H and O–H groups in total. The predicted molar refractivity (Wildman–Crippen MR) is 50.7 cm³/mol. The summed E-state index contributed by atoms with van der Waals surface area (Å²) in [5.74, 6) is -0.776. The molecule has 0 radical (unpaired) electrons. The Hall–Kier alpha value is -1.78. The van der Waals surface area contributed by atoms with Crippen LogP contribution in [-0.2, 0) is 9.47 Å². The van der Waals surface area contributed by atoms with Gasteiger partial charge in [-0.3, -0.25) is 0 Å². The Morgan fingerprint density at radius 2 is 2.07 bits per heavy atom. The Bertz CT molecular complexity index is 377. The van der Waals surface area contributed by atoms with E-state index in [1.54, 1.807) is 13.8 Å². The summed E-state index contributed by atoms with van der Waals surface area (Å²) in [4.78, 5) is 22.4. The molecule has 1 heterocycles. The number of esters is 2. The average molecular weight is 212 g/mol. The number of carbonyl (C=O) groups excluding carboxylic acids is 2. The summed E-state index contributed by atoms with van der Waals surface area (Å²) < 4.78 is 14.3. The van der Waals surface area contributed by atoms with E-state index in [-0.39, 0.29) is 17.9 Å². The molecular formula is C10H12O5. The molecule has 0 saturated heterocycles. The second-order valence-corrected chi connectivity index (χ2v) is 2.79. The number of aryl methyl sites for hydroxylation is 1. The molecule has 0 aromatic carbocycles. The van der Waals surface area contributed by atoms with Crippen molar-refractivity contribution in [1.29, 1.82) is 0 Å². The lowest BCUT2D eigenvalue weighted by Gasteiger charge is -1.95. The molecule has 1 rings (SSSR count). The fraction of sp³-hybridized carbons (Fsp3) is 0.400. The summed E-state index contributed by atoms with van der Waals surface area (Å²) in [7, 11) is 1.26. The third-order valence-corrected chi connectivity index (χ3v) is 1.80. The van der Waals surface area contributed by atoms with Gasteiger partial charge in [-0.2, -0.15) is 0 Å². The molecule has 0 saturated carbocycles. The minimum absolute atomic E-state index is 0.00903. The Balaban J connectivity index is 2.95. The van der Waals surface area contributed by atoms with Gasteiger partial charge in [0.15, 0.2) is 0 Å². The van der Waals surface area contributed by atoms with Crippen LogP contribution < -0.4 is 0 Å². The first kappa shape index (κ1) is 11.3. The van der Waals surface area contributed by atoms with Crippen molar-refractivity contribution in [2.45, 2.75) is 13.8 Å². The number of ether oxygens (including phenoxy) is 2. The lowest BCUT2D eigenvalue weighted by molar-refractivity contribution is 0.0487. The SMILES string of the molecule is CCOC(=O)c1cc(C(=O)OC)c(C)o1. The summed E-state index contributed by atoms with van der Waals surface area (Å²) in [6, 6.07) is 1.32. The standard InChI is InChI=1S/C10H12O5/c1-4-14-10(12)8-5-7(6(2)15-8)9(11)13-3/h5H,4H2,1-3H3. The van der Waals surface area contributed by atoms with Crippen LogP contribution in [0.4, 0.5) is 0 Å². The molecule has 0 unspecified atom stereocenters. The molecule has 0 atom stereocenters. The highest BCUT2D eigenvalue weighted by Crippen LogP contribution is 2.16. The van der Waals surface area contributed by atoms with E-state index in [4.69, 9.17) is 9.15 Å². The zero-order chi connectivity index (χ0) is 11.4. The van der Waals surface area contributed by atoms with Crippen LogP contribution in [0.25, 0.3) is 0 Å². The van der Waals surface area contributed by atoms with Crippen LogP contribution in [0.2, 0.25) is 0 Å². The fourth-order valence-corrected chi connectivity index (χ4v) is 1.10. The molecular weight excluding hydrogens is 200 g/mol. The molecule has 0 amide bonds. The minimum Gasteiger partial charge on any atom is -0.465 e. The van der Waals surface area contributed by atoms with Gasteiger partial charge in [-0.15, -0.1) is 0 Å². The van der Waals surface area contributed by atoms with Crippen LogP contribution >= 0.6 is 0 Å². The summed E-state index contributed by atoms with van der Waals surface area (Å²) in [5, 5.41) is 0. The zero-order valence-electron chi connectivity index (χ0n) is 8.83. The number of carbonyl (C=O) groups is 2. The Labute approximate surface area is 87.0 Å². The molecule has 0 bridgehead atoms. The van der Waals surface area contributed by atoms with E-state index in [1.165, 1.54) is 13.2 Å². The van der Waals surface area contributed by atoms with Crippen molar-refractivity contribution >= 4 is 11.9 Å². The number of furan rings is 1. The first-order valence-electron chi connectivity index (χ1n) is 4.46. The first-order valence-corrected chi connectivity index (χ1v) is 4.46. The number of methoxy groups -OCH3 is 1. The maximum absolute atomic E-state index is 11.3. The van der Waals surface area contributed by atoms with Crippen molar-refractivity contribution in [3.8, 4) is 0 Å².